The van der Waals surface area contributed by atoms with E-state index in [2.05, 4.69) is 6.58 Å². The number of nitrogens with two attached hydrogens (primary N) is 1. The van der Waals surface area contributed by atoms with Crippen LogP contribution < -0.4 is 10.5 Å². The first-order valence-electron chi connectivity index (χ1n) is 4.42. The summed E-state index contributed by atoms with van der Waals surface area (Å²) < 4.78 is 5.27. The van der Waals surface area contributed by atoms with E-state index in [1.54, 1.807) is 6.08 Å². The van der Waals surface area contributed by atoms with Crippen molar-refractivity contribution in [3.05, 3.63) is 41.0 Å². The summed E-state index contributed by atoms with van der Waals surface area (Å²) in [5, 5.41) is 10.5. The summed E-state index contributed by atoms with van der Waals surface area (Å²) in [6.45, 7) is 3.95. The molecule has 0 saturated carbocycles. The van der Waals surface area contributed by atoms with E-state index in [9.17, 15) is 10.1 Å². The maximum absolute atomic E-state index is 10.5. The molecule has 5 heteroatoms. The summed E-state index contributed by atoms with van der Waals surface area (Å²) in [5.74, 6) is 0.339. The SMILES string of the molecule is C=CCCOc1cc([N+](=O)[O-])ccc1N. The lowest BCUT2D eigenvalue weighted by Crippen LogP contribution is -2.00. The second kappa shape index (κ2) is 4.99. The molecule has 1 aromatic rings. The maximum Gasteiger partial charge on any atom is 0.273 e. The van der Waals surface area contributed by atoms with E-state index in [4.69, 9.17) is 10.5 Å². The standard InChI is InChI=1S/C10H12N2O3/c1-2-3-6-15-10-7-8(12(13)14)4-5-9(10)11/h2,4-5,7H,1,3,6,11H2. The van der Waals surface area contributed by atoms with Crippen molar-refractivity contribution < 1.29 is 9.66 Å². The van der Waals surface area contributed by atoms with Crippen LogP contribution >= 0.6 is 0 Å². The van der Waals surface area contributed by atoms with Gasteiger partial charge in [0.15, 0.2) is 0 Å². The first-order chi connectivity index (χ1) is 7.15. The van der Waals surface area contributed by atoms with Gasteiger partial charge in [0, 0.05) is 6.07 Å². The quantitative estimate of drug-likeness (QED) is 0.264. The first-order valence-corrected chi connectivity index (χ1v) is 4.42. The van der Waals surface area contributed by atoms with Crippen molar-refractivity contribution in [2.75, 3.05) is 12.3 Å². The number of nitrogen functional groups attached to an aromatic ring is 1. The summed E-state index contributed by atoms with van der Waals surface area (Å²) in [7, 11) is 0. The Labute approximate surface area is 87.3 Å². The van der Waals surface area contributed by atoms with Crippen molar-refractivity contribution in [1.82, 2.24) is 0 Å². The van der Waals surface area contributed by atoms with Gasteiger partial charge in [-0.3, -0.25) is 10.1 Å². The van der Waals surface area contributed by atoms with Gasteiger partial charge in [0.2, 0.25) is 0 Å². The number of hydrogen-bond acceptors (Lipinski definition) is 4. The fraction of sp³-hybridized carbons (Fsp3) is 0.200. The molecule has 5 nitrogen and oxygen atoms in total. The van der Waals surface area contributed by atoms with Gasteiger partial charge in [0.25, 0.3) is 5.69 Å². The molecule has 2 N–H and O–H groups in total. The first kappa shape index (κ1) is 11.0. The Morgan fingerprint density at radius 2 is 2.33 bits per heavy atom. The molecule has 0 saturated heterocycles. The maximum atomic E-state index is 10.5. The molecule has 0 fully saturated rings. The Hall–Kier alpha value is -2.04. The predicted octanol–water partition coefficient (Wildman–Crippen LogP) is 2.13. The number of benzene rings is 1. The van der Waals surface area contributed by atoms with Gasteiger partial charge < -0.3 is 10.5 Å². The summed E-state index contributed by atoms with van der Waals surface area (Å²) in [6, 6.07) is 4.12. The summed E-state index contributed by atoms with van der Waals surface area (Å²) in [6.07, 6.45) is 2.37. The average Bonchev–Trinajstić information content (AvgIpc) is 2.20. The fourth-order valence-electron chi connectivity index (χ4n) is 1.01. The van der Waals surface area contributed by atoms with Crippen molar-refractivity contribution in [2.24, 2.45) is 0 Å². The summed E-state index contributed by atoms with van der Waals surface area (Å²) in [5.41, 5.74) is 5.96. The van der Waals surface area contributed by atoms with E-state index < -0.39 is 4.92 Å². The van der Waals surface area contributed by atoms with Gasteiger partial charge in [0.05, 0.1) is 23.3 Å². The highest BCUT2D eigenvalue weighted by Crippen LogP contribution is 2.26. The van der Waals surface area contributed by atoms with Crippen molar-refractivity contribution in [2.45, 2.75) is 6.42 Å². The minimum atomic E-state index is -0.486. The van der Waals surface area contributed by atoms with Gasteiger partial charge >= 0.3 is 0 Å². The number of nitro benzene ring substituents is 1. The van der Waals surface area contributed by atoms with Crippen molar-refractivity contribution in [3.63, 3.8) is 0 Å². The van der Waals surface area contributed by atoms with Gasteiger partial charge in [-0.1, -0.05) is 6.08 Å². The molecule has 0 aliphatic carbocycles. The number of ether oxygens (including phenoxy) is 1. The zero-order valence-electron chi connectivity index (χ0n) is 8.18. The number of rotatable bonds is 5. The van der Waals surface area contributed by atoms with Crippen molar-refractivity contribution in [3.8, 4) is 5.75 Å². The second-order valence-corrected chi connectivity index (χ2v) is 2.91. The van der Waals surface area contributed by atoms with E-state index in [0.29, 0.717) is 24.5 Å². The van der Waals surface area contributed by atoms with Gasteiger partial charge in [-0.2, -0.15) is 0 Å². The Bertz CT molecular complexity index is 377. The van der Waals surface area contributed by atoms with Crippen LogP contribution in [0.5, 0.6) is 5.75 Å². The van der Waals surface area contributed by atoms with Crippen LogP contribution in [-0.2, 0) is 0 Å². The predicted molar refractivity (Wildman–Crippen MR) is 57.8 cm³/mol. The number of non-ortho nitro benzene ring substituents is 1. The third-order valence-corrected chi connectivity index (χ3v) is 1.79. The molecule has 0 atom stereocenters. The van der Waals surface area contributed by atoms with Crippen molar-refractivity contribution >= 4 is 11.4 Å². The fourth-order valence-corrected chi connectivity index (χ4v) is 1.01. The molecule has 80 valence electrons. The molecule has 0 amide bonds. The van der Waals surface area contributed by atoms with Crippen LogP contribution in [0.2, 0.25) is 0 Å². The highest BCUT2D eigenvalue weighted by Gasteiger charge is 2.09. The lowest BCUT2D eigenvalue weighted by Gasteiger charge is -2.06. The van der Waals surface area contributed by atoms with E-state index in [-0.39, 0.29) is 5.69 Å². The van der Waals surface area contributed by atoms with Crippen LogP contribution in [-0.4, -0.2) is 11.5 Å². The number of nitrogens with zero attached hydrogens (tertiary/aromatic N) is 1. The molecule has 0 bridgehead atoms. The molecule has 15 heavy (non-hydrogen) atoms. The molecule has 1 rings (SSSR count). The Morgan fingerprint density at radius 1 is 1.60 bits per heavy atom. The second-order valence-electron chi connectivity index (χ2n) is 2.91. The molecule has 1 aromatic carbocycles. The topological polar surface area (TPSA) is 78.4 Å². The zero-order valence-corrected chi connectivity index (χ0v) is 8.18. The van der Waals surface area contributed by atoms with Crippen molar-refractivity contribution in [1.29, 1.82) is 0 Å². The monoisotopic (exact) mass is 208 g/mol. The molecule has 0 radical (unpaired) electrons. The van der Waals surface area contributed by atoms with Crippen LogP contribution in [0, 0.1) is 10.1 Å². The smallest absolute Gasteiger partial charge is 0.273 e. The number of anilines is 1. The van der Waals surface area contributed by atoms with Gasteiger partial charge in [0.1, 0.15) is 5.75 Å². The average molecular weight is 208 g/mol. The Morgan fingerprint density at radius 3 is 2.93 bits per heavy atom. The Kier molecular flexibility index (Phi) is 3.68. The third-order valence-electron chi connectivity index (χ3n) is 1.79. The third kappa shape index (κ3) is 2.98. The highest BCUT2D eigenvalue weighted by atomic mass is 16.6. The minimum Gasteiger partial charge on any atom is -0.491 e. The van der Waals surface area contributed by atoms with E-state index in [0.717, 1.165) is 0 Å². The molecule has 0 unspecified atom stereocenters. The van der Waals surface area contributed by atoms with Gasteiger partial charge in [-0.05, 0) is 12.5 Å². The lowest BCUT2D eigenvalue weighted by molar-refractivity contribution is -0.384. The van der Waals surface area contributed by atoms with Crippen LogP contribution in [0.3, 0.4) is 0 Å². The molecule has 0 aliphatic heterocycles. The summed E-state index contributed by atoms with van der Waals surface area (Å²) >= 11 is 0. The van der Waals surface area contributed by atoms with Crippen LogP contribution in [0.25, 0.3) is 0 Å². The minimum absolute atomic E-state index is 0.0298. The number of hydrogen-bond donors (Lipinski definition) is 1. The zero-order chi connectivity index (χ0) is 11.3. The molecular weight excluding hydrogens is 196 g/mol. The molecule has 0 heterocycles. The summed E-state index contributed by atoms with van der Waals surface area (Å²) in [4.78, 5) is 10.0. The highest BCUT2D eigenvalue weighted by molar-refractivity contribution is 5.57. The van der Waals surface area contributed by atoms with Crippen LogP contribution in [0.15, 0.2) is 30.9 Å². The van der Waals surface area contributed by atoms with Crippen LogP contribution in [0.4, 0.5) is 11.4 Å². The van der Waals surface area contributed by atoms with E-state index in [1.807, 2.05) is 0 Å². The number of nitro groups is 1. The van der Waals surface area contributed by atoms with E-state index >= 15 is 0 Å². The largest absolute Gasteiger partial charge is 0.491 e. The molecule has 0 aromatic heterocycles. The molecule has 0 spiro atoms. The van der Waals surface area contributed by atoms with E-state index in [1.165, 1.54) is 18.2 Å². The van der Waals surface area contributed by atoms with Gasteiger partial charge in [-0.25, -0.2) is 0 Å². The molecular formula is C10H12N2O3. The lowest BCUT2D eigenvalue weighted by atomic mass is 10.2. The molecule has 0 aliphatic rings. The van der Waals surface area contributed by atoms with Crippen LogP contribution in [0.1, 0.15) is 6.42 Å². The van der Waals surface area contributed by atoms with Gasteiger partial charge in [-0.15, -0.1) is 6.58 Å². The Balaban J connectivity index is 2.80. The normalized spacial score (nSPS) is 9.60.